The number of aliphatic hydroxyl groups is 1. The fourth-order valence-electron chi connectivity index (χ4n) is 3.80. The Balaban J connectivity index is 1.80. The molecule has 1 unspecified atom stereocenters. The Morgan fingerprint density at radius 2 is 1.86 bits per heavy atom. The van der Waals surface area contributed by atoms with E-state index >= 15 is 0 Å². The molecule has 0 bridgehead atoms. The summed E-state index contributed by atoms with van der Waals surface area (Å²) < 4.78 is 5.70. The molecule has 0 aliphatic carbocycles. The lowest BCUT2D eigenvalue weighted by molar-refractivity contribution is -0.141. The first-order valence-electron chi connectivity index (χ1n) is 9.27. The third-order valence-electron chi connectivity index (χ3n) is 5.00. The predicted molar refractivity (Wildman–Crippen MR) is 109 cm³/mol. The lowest BCUT2D eigenvalue weighted by Gasteiger charge is -2.22. The molecule has 1 N–H and O–H groups in total. The van der Waals surface area contributed by atoms with Gasteiger partial charge in [0.25, 0.3) is 5.91 Å². The molecular formula is C22H24ClNO4. The maximum Gasteiger partial charge on any atom is 0.264 e. The number of ether oxygens (including phenoxy) is 1. The second-order valence-electron chi connectivity index (χ2n) is 7.25. The fourth-order valence-corrected chi connectivity index (χ4v) is 3.99. The summed E-state index contributed by atoms with van der Waals surface area (Å²) in [4.78, 5) is 26.4. The average molecular weight is 402 g/mol. The third kappa shape index (κ3) is 3.64. The highest BCUT2D eigenvalue weighted by Crippen LogP contribution is 2.46. The van der Waals surface area contributed by atoms with Crippen LogP contribution in [0.15, 0.2) is 36.4 Å². The number of ketones is 1. The average Bonchev–Trinajstić information content (AvgIpc) is 2.85. The normalized spacial score (nSPS) is 18.3. The van der Waals surface area contributed by atoms with Crippen molar-refractivity contribution in [1.82, 2.24) is 0 Å². The van der Waals surface area contributed by atoms with E-state index in [1.807, 2.05) is 38.1 Å². The number of halogens is 1. The Bertz CT molecular complexity index is 927. The molecule has 3 rings (SSSR count). The van der Waals surface area contributed by atoms with Crippen molar-refractivity contribution in [3.63, 3.8) is 0 Å². The van der Waals surface area contributed by atoms with E-state index in [9.17, 15) is 14.7 Å². The largest absolute Gasteiger partial charge is 0.492 e. The van der Waals surface area contributed by atoms with Gasteiger partial charge in [-0.2, -0.15) is 0 Å². The van der Waals surface area contributed by atoms with Gasteiger partial charge in [0.15, 0.2) is 5.60 Å². The summed E-state index contributed by atoms with van der Waals surface area (Å²) in [6, 6.07) is 11.0. The SMILES string of the molecule is CC(=O)CC1(O)C(=O)N(CCCOc2ccccc2Cl)c2c(C)ccc(C)c21. The van der Waals surface area contributed by atoms with Crippen LogP contribution in [0.4, 0.5) is 5.69 Å². The molecule has 0 spiro atoms. The van der Waals surface area contributed by atoms with Crippen LogP contribution < -0.4 is 9.64 Å². The Labute approximate surface area is 169 Å². The van der Waals surface area contributed by atoms with Gasteiger partial charge in [0.2, 0.25) is 0 Å². The van der Waals surface area contributed by atoms with Crippen molar-refractivity contribution in [2.24, 2.45) is 0 Å². The maximum absolute atomic E-state index is 13.1. The number of anilines is 1. The number of aryl methyl sites for hydroxylation is 2. The van der Waals surface area contributed by atoms with Crippen molar-refractivity contribution in [2.45, 2.75) is 39.2 Å². The zero-order valence-corrected chi connectivity index (χ0v) is 17.0. The first-order valence-corrected chi connectivity index (χ1v) is 9.65. The first kappa shape index (κ1) is 20.4. The number of amides is 1. The van der Waals surface area contributed by atoms with Crippen LogP contribution in [0.3, 0.4) is 0 Å². The number of hydrogen-bond donors (Lipinski definition) is 1. The molecule has 0 aromatic heterocycles. The minimum Gasteiger partial charge on any atom is -0.492 e. The summed E-state index contributed by atoms with van der Waals surface area (Å²) in [6.07, 6.45) is 0.329. The van der Waals surface area contributed by atoms with Crippen molar-refractivity contribution in [1.29, 1.82) is 0 Å². The van der Waals surface area contributed by atoms with Crippen LogP contribution in [0.25, 0.3) is 0 Å². The molecule has 0 radical (unpaired) electrons. The summed E-state index contributed by atoms with van der Waals surface area (Å²) in [7, 11) is 0. The number of carbonyl (C=O) groups excluding carboxylic acids is 2. The van der Waals surface area contributed by atoms with E-state index in [-0.39, 0.29) is 12.2 Å². The fraction of sp³-hybridized carbons (Fsp3) is 0.364. The number of nitrogens with zero attached hydrogens (tertiary/aromatic N) is 1. The summed E-state index contributed by atoms with van der Waals surface area (Å²) in [6.45, 7) is 5.88. The highest BCUT2D eigenvalue weighted by molar-refractivity contribution is 6.32. The molecule has 2 aromatic rings. The van der Waals surface area contributed by atoms with Crippen LogP contribution in [0.5, 0.6) is 5.75 Å². The summed E-state index contributed by atoms with van der Waals surface area (Å²) >= 11 is 6.09. The molecule has 1 aliphatic rings. The zero-order chi connectivity index (χ0) is 20.5. The monoisotopic (exact) mass is 401 g/mol. The molecule has 1 aliphatic heterocycles. The molecule has 5 nitrogen and oxygen atoms in total. The van der Waals surface area contributed by atoms with Crippen molar-refractivity contribution in [3.05, 3.63) is 58.1 Å². The lowest BCUT2D eigenvalue weighted by atomic mass is 9.86. The van der Waals surface area contributed by atoms with E-state index in [1.54, 1.807) is 17.0 Å². The highest BCUT2D eigenvalue weighted by Gasteiger charge is 2.51. The van der Waals surface area contributed by atoms with E-state index in [0.29, 0.717) is 41.6 Å². The van der Waals surface area contributed by atoms with Crippen LogP contribution in [-0.4, -0.2) is 29.9 Å². The van der Waals surface area contributed by atoms with Gasteiger partial charge in [-0.3, -0.25) is 9.59 Å². The van der Waals surface area contributed by atoms with Crippen LogP contribution >= 0.6 is 11.6 Å². The molecule has 0 fully saturated rings. The molecule has 148 valence electrons. The highest BCUT2D eigenvalue weighted by atomic mass is 35.5. The zero-order valence-electron chi connectivity index (χ0n) is 16.3. The van der Waals surface area contributed by atoms with Crippen molar-refractivity contribution >= 4 is 29.0 Å². The van der Waals surface area contributed by atoms with Gasteiger partial charge in [0, 0.05) is 18.5 Å². The van der Waals surface area contributed by atoms with E-state index in [2.05, 4.69) is 0 Å². The van der Waals surface area contributed by atoms with Gasteiger partial charge < -0.3 is 14.7 Å². The standard InChI is InChI=1S/C22H24ClNO4/c1-14-9-10-15(2)20-19(14)22(27,13-16(3)25)21(26)24(20)11-6-12-28-18-8-5-4-7-17(18)23/h4-5,7-10,27H,6,11-13H2,1-3H3. The van der Waals surface area contributed by atoms with Gasteiger partial charge in [-0.1, -0.05) is 35.9 Å². The number of Topliss-reactive ketones (excluding diaryl/α,β-unsaturated/α-hetero) is 1. The minimum absolute atomic E-state index is 0.226. The number of fused-ring (bicyclic) bond motifs is 1. The molecule has 2 aromatic carbocycles. The van der Waals surface area contributed by atoms with E-state index in [1.165, 1.54) is 6.92 Å². The van der Waals surface area contributed by atoms with Gasteiger partial charge in [-0.05, 0) is 50.5 Å². The van der Waals surface area contributed by atoms with E-state index in [0.717, 1.165) is 11.1 Å². The molecule has 0 saturated carbocycles. The van der Waals surface area contributed by atoms with Gasteiger partial charge in [0.1, 0.15) is 11.5 Å². The number of rotatable bonds is 7. The molecule has 6 heteroatoms. The van der Waals surface area contributed by atoms with E-state index < -0.39 is 11.5 Å². The van der Waals surface area contributed by atoms with Crippen molar-refractivity contribution in [2.75, 3.05) is 18.1 Å². The van der Waals surface area contributed by atoms with Crippen molar-refractivity contribution in [3.8, 4) is 5.75 Å². The van der Waals surface area contributed by atoms with Crippen LogP contribution in [0.2, 0.25) is 5.02 Å². The van der Waals surface area contributed by atoms with Crippen LogP contribution in [-0.2, 0) is 15.2 Å². The van der Waals surface area contributed by atoms with Gasteiger partial charge in [0.05, 0.1) is 17.3 Å². The Morgan fingerprint density at radius 3 is 2.54 bits per heavy atom. The Morgan fingerprint density at radius 1 is 1.18 bits per heavy atom. The molecule has 28 heavy (non-hydrogen) atoms. The predicted octanol–water partition coefficient (Wildman–Crippen LogP) is 3.94. The number of hydrogen-bond acceptors (Lipinski definition) is 4. The summed E-state index contributed by atoms with van der Waals surface area (Å²) in [5.41, 5.74) is 1.13. The summed E-state index contributed by atoms with van der Waals surface area (Å²) in [5.74, 6) is -0.0862. The van der Waals surface area contributed by atoms with Crippen molar-refractivity contribution < 1.29 is 19.4 Å². The molecule has 0 saturated heterocycles. The molecular weight excluding hydrogens is 378 g/mol. The topological polar surface area (TPSA) is 66.8 Å². The smallest absolute Gasteiger partial charge is 0.264 e. The maximum atomic E-state index is 13.1. The molecule has 1 heterocycles. The number of benzene rings is 2. The first-order chi connectivity index (χ1) is 13.3. The second-order valence-corrected chi connectivity index (χ2v) is 7.66. The quantitative estimate of drug-likeness (QED) is 0.713. The second kappa shape index (κ2) is 7.94. The molecule has 1 atom stereocenters. The van der Waals surface area contributed by atoms with Gasteiger partial charge in [-0.25, -0.2) is 0 Å². The number of carbonyl (C=O) groups is 2. The van der Waals surface area contributed by atoms with Gasteiger partial charge >= 0.3 is 0 Å². The molecule has 1 amide bonds. The summed E-state index contributed by atoms with van der Waals surface area (Å²) in [5, 5.41) is 11.7. The van der Waals surface area contributed by atoms with E-state index in [4.69, 9.17) is 16.3 Å². The third-order valence-corrected chi connectivity index (χ3v) is 5.31. The Hall–Kier alpha value is -2.37. The number of para-hydroxylation sites is 1. The van der Waals surface area contributed by atoms with Crippen LogP contribution in [0.1, 0.15) is 36.5 Å². The Kier molecular flexibility index (Phi) is 5.77. The minimum atomic E-state index is -1.80. The lowest BCUT2D eigenvalue weighted by Crippen LogP contribution is -2.42. The van der Waals surface area contributed by atoms with Crippen LogP contribution in [0, 0.1) is 13.8 Å². The van der Waals surface area contributed by atoms with Gasteiger partial charge in [-0.15, -0.1) is 0 Å².